The van der Waals surface area contributed by atoms with E-state index in [0.717, 1.165) is 58.5 Å². The smallest absolute Gasteiger partial charge is 0.236 e. The highest BCUT2D eigenvalue weighted by atomic mass is 16.2. The van der Waals surface area contributed by atoms with Crippen molar-refractivity contribution in [3.05, 3.63) is 0 Å². The van der Waals surface area contributed by atoms with Gasteiger partial charge in [0, 0.05) is 26.2 Å². The SMILES string of the molecule is CC1(C)CCCN(C(=O)CN2CCCNCC2)CC1. The average Bonchev–Trinajstić information content (AvgIpc) is 2.69. The van der Waals surface area contributed by atoms with Crippen LogP contribution in [0.1, 0.15) is 39.5 Å². The van der Waals surface area contributed by atoms with Crippen LogP contribution in [0.5, 0.6) is 0 Å². The minimum absolute atomic E-state index is 0.333. The van der Waals surface area contributed by atoms with Crippen molar-refractivity contribution in [3.63, 3.8) is 0 Å². The van der Waals surface area contributed by atoms with E-state index in [4.69, 9.17) is 0 Å². The van der Waals surface area contributed by atoms with Crippen molar-refractivity contribution in [2.45, 2.75) is 39.5 Å². The maximum atomic E-state index is 12.4. The summed E-state index contributed by atoms with van der Waals surface area (Å²) in [6, 6.07) is 0. The fraction of sp³-hybridized carbons (Fsp3) is 0.933. The number of amides is 1. The molecule has 0 aliphatic carbocycles. The molecule has 0 spiro atoms. The molecule has 4 nitrogen and oxygen atoms in total. The molecule has 110 valence electrons. The van der Waals surface area contributed by atoms with Gasteiger partial charge in [0.05, 0.1) is 6.54 Å². The van der Waals surface area contributed by atoms with E-state index in [9.17, 15) is 4.79 Å². The molecule has 19 heavy (non-hydrogen) atoms. The normalized spacial score (nSPS) is 25.7. The molecule has 4 heteroatoms. The highest BCUT2D eigenvalue weighted by Crippen LogP contribution is 2.29. The standard InChI is InChI=1S/C15H29N3O/c1-15(2)5-3-10-18(11-6-15)14(19)13-17-9-4-7-16-8-12-17/h16H,3-13H2,1-2H3. The fourth-order valence-electron chi connectivity index (χ4n) is 3.02. The Morgan fingerprint density at radius 3 is 2.74 bits per heavy atom. The lowest BCUT2D eigenvalue weighted by molar-refractivity contribution is -0.132. The topological polar surface area (TPSA) is 35.6 Å². The van der Waals surface area contributed by atoms with Crippen molar-refractivity contribution < 1.29 is 4.79 Å². The summed E-state index contributed by atoms with van der Waals surface area (Å²) in [7, 11) is 0. The van der Waals surface area contributed by atoms with Crippen LogP contribution in [-0.4, -0.2) is 61.5 Å². The number of likely N-dealkylation sites (tertiary alicyclic amines) is 1. The Kier molecular flexibility index (Phi) is 5.22. The zero-order valence-electron chi connectivity index (χ0n) is 12.6. The zero-order chi connectivity index (χ0) is 13.7. The Bertz CT molecular complexity index is 296. The summed E-state index contributed by atoms with van der Waals surface area (Å²) in [5, 5.41) is 3.38. The van der Waals surface area contributed by atoms with Gasteiger partial charge in [-0.3, -0.25) is 9.69 Å². The average molecular weight is 267 g/mol. The molecule has 0 saturated carbocycles. The first-order valence-corrected chi connectivity index (χ1v) is 7.78. The minimum atomic E-state index is 0.333. The lowest BCUT2D eigenvalue weighted by atomic mass is 9.85. The van der Waals surface area contributed by atoms with E-state index in [2.05, 4.69) is 29.0 Å². The van der Waals surface area contributed by atoms with Crippen LogP contribution in [0.2, 0.25) is 0 Å². The quantitative estimate of drug-likeness (QED) is 0.819. The molecular weight excluding hydrogens is 238 g/mol. The van der Waals surface area contributed by atoms with Gasteiger partial charge in [-0.1, -0.05) is 13.8 Å². The van der Waals surface area contributed by atoms with Crippen molar-refractivity contribution in [1.29, 1.82) is 0 Å². The molecule has 1 N–H and O–H groups in total. The van der Waals surface area contributed by atoms with Gasteiger partial charge in [0.1, 0.15) is 0 Å². The summed E-state index contributed by atoms with van der Waals surface area (Å²) >= 11 is 0. The third-order valence-corrected chi connectivity index (χ3v) is 4.48. The largest absolute Gasteiger partial charge is 0.342 e. The van der Waals surface area contributed by atoms with Crippen LogP contribution in [-0.2, 0) is 4.79 Å². The molecular formula is C15H29N3O. The summed E-state index contributed by atoms with van der Waals surface area (Å²) in [6.07, 6.45) is 4.69. The predicted octanol–water partition coefficient (Wildman–Crippen LogP) is 1.32. The van der Waals surface area contributed by atoms with Gasteiger partial charge in [0.15, 0.2) is 0 Å². The Labute approximate surface area is 117 Å². The highest BCUT2D eigenvalue weighted by molar-refractivity contribution is 5.78. The molecule has 0 radical (unpaired) electrons. The van der Waals surface area contributed by atoms with E-state index in [1.54, 1.807) is 0 Å². The second-order valence-corrected chi connectivity index (χ2v) is 6.78. The van der Waals surface area contributed by atoms with Crippen LogP contribution in [0.4, 0.5) is 0 Å². The van der Waals surface area contributed by atoms with Gasteiger partial charge in [0.25, 0.3) is 0 Å². The van der Waals surface area contributed by atoms with E-state index in [1.807, 2.05) is 0 Å². The van der Waals surface area contributed by atoms with Gasteiger partial charge in [-0.25, -0.2) is 0 Å². The number of hydrogen-bond acceptors (Lipinski definition) is 3. The van der Waals surface area contributed by atoms with E-state index in [-0.39, 0.29) is 0 Å². The molecule has 2 rings (SSSR count). The number of hydrogen-bond donors (Lipinski definition) is 1. The Hall–Kier alpha value is -0.610. The number of rotatable bonds is 2. The van der Waals surface area contributed by atoms with Crippen molar-refractivity contribution in [3.8, 4) is 0 Å². The minimum Gasteiger partial charge on any atom is -0.342 e. The highest BCUT2D eigenvalue weighted by Gasteiger charge is 2.26. The second kappa shape index (κ2) is 6.71. The molecule has 0 unspecified atom stereocenters. The first-order chi connectivity index (χ1) is 9.07. The fourth-order valence-corrected chi connectivity index (χ4v) is 3.02. The molecule has 1 amide bonds. The number of carbonyl (C=O) groups is 1. The molecule has 2 saturated heterocycles. The van der Waals surface area contributed by atoms with Gasteiger partial charge in [0.2, 0.25) is 5.91 Å². The van der Waals surface area contributed by atoms with Crippen LogP contribution < -0.4 is 5.32 Å². The molecule has 2 heterocycles. The number of nitrogens with zero attached hydrogens (tertiary/aromatic N) is 2. The van der Waals surface area contributed by atoms with Crippen molar-refractivity contribution >= 4 is 5.91 Å². The van der Waals surface area contributed by atoms with E-state index < -0.39 is 0 Å². The van der Waals surface area contributed by atoms with Gasteiger partial charge >= 0.3 is 0 Å². The molecule has 0 aromatic heterocycles. The van der Waals surface area contributed by atoms with Crippen LogP contribution in [0.25, 0.3) is 0 Å². The Morgan fingerprint density at radius 2 is 1.89 bits per heavy atom. The maximum absolute atomic E-state index is 12.4. The lowest BCUT2D eigenvalue weighted by Crippen LogP contribution is -2.42. The molecule has 0 aromatic carbocycles. The summed E-state index contributed by atoms with van der Waals surface area (Å²) in [5.41, 5.74) is 0.404. The van der Waals surface area contributed by atoms with Gasteiger partial charge in [-0.05, 0) is 44.2 Å². The molecule has 2 aliphatic heterocycles. The maximum Gasteiger partial charge on any atom is 0.236 e. The van der Waals surface area contributed by atoms with Crippen molar-refractivity contribution in [2.24, 2.45) is 5.41 Å². The third kappa shape index (κ3) is 4.77. The first-order valence-electron chi connectivity index (χ1n) is 7.78. The zero-order valence-corrected chi connectivity index (χ0v) is 12.6. The van der Waals surface area contributed by atoms with Crippen LogP contribution in [0.15, 0.2) is 0 Å². The third-order valence-electron chi connectivity index (χ3n) is 4.48. The molecule has 0 bridgehead atoms. The summed E-state index contributed by atoms with van der Waals surface area (Å²) in [5.74, 6) is 0.333. The van der Waals surface area contributed by atoms with Crippen LogP contribution in [0, 0.1) is 5.41 Å². The summed E-state index contributed by atoms with van der Waals surface area (Å²) < 4.78 is 0. The molecule has 2 fully saturated rings. The molecule has 2 aliphatic rings. The van der Waals surface area contributed by atoms with E-state index >= 15 is 0 Å². The first kappa shape index (κ1) is 14.8. The summed E-state index contributed by atoms with van der Waals surface area (Å²) in [4.78, 5) is 16.8. The number of carbonyl (C=O) groups excluding carboxylic acids is 1. The monoisotopic (exact) mass is 267 g/mol. The van der Waals surface area contributed by atoms with Gasteiger partial charge < -0.3 is 10.2 Å². The number of nitrogens with one attached hydrogen (secondary N) is 1. The lowest BCUT2D eigenvalue weighted by Gasteiger charge is -2.26. The van der Waals surface area contributed by atoms with Crippen molar-refractivity contribution in [2.75, 3.05) is 45.8 Å². The Balaban J connectivity index is 1.81. The van der Waals surface area contributed by atoms with Crippen LogP contribution in [0.3, 0.4) is 0 Å². The molecule has 0 atom stereocenters. The van der Waals surface area contributed by atoms with E-state index in [0.29, 0.717) is 17.9 Å². The predicted molar refractivity (Wildman–Crippen MR) is 78.1 cm³/mol. The van der Waals surface area contributed by atoms with Crippen molar-refractivity contribution in [1.82, 2.24) is 15.1 Å². The summed E-state index contributed by atoms with van der Waals surface area (Å²) in [6.45, 7) is 11.3. The Morgan fingerprint density at radius 1 is 1.05 bits per heavy atom. The van der Waals surface area contributed by atoms with E-state index in [1.165, 1.54) is 6.42 Å². The second-order valence-electron chi connectivity index (χ2n) is 6.78. The van der Waals surface area contributed by atoms with Crippen LogP contribution >= 0.6 is 0 Å². The molecule has 0 aromatic rings. The van der Waals surface area contributed by atoms with Gasteiger partial charge in [-0.2, -0.15) is 0 Å². The van der Waals surface area contributed by atoms with Gasteiger partial charge in [-0.15, -0.1) is 0 Å².